The number of carboxylic acids is 1. The number of likely N-dealkylation sites (tertiary alicyclic amines) is 1. The van der Waals surface area contributed by atoms with E-state index in [-0.39, 0.29) is 24.4 Å². The van der Waals surface area contributed by atoms with E-state index in [2.05, 4.69) is 0 Å². The minimum Gasteiger partial charge on any atom is -0.481 e. The Morgan fingerprint density at radius 3 is 2.75 bits per heavy atom. The molecule has 0 aliphatic carbocycles. The molecule has 2 fully saturated rings. The number of carboxylic acid groups (broad SMARTS) is 1. The van der Waals surface area contributed by atoms with Crippen LogP contribution in [-0.2, 0) is 4.79 Å². The summed E-state index contributed by atoms with van der Waals surface area (Å²) >= 11 is 1.70. The Labute approximate surface area is 123 Å². The maximum atomic E-state index is 12.5. The monoisotopic (exact) mass is 302 g/mol. The molecule has 2 aliphatic heterocycles. The number of hydrogen-bond acceptors (Lipinski definition) is 4. The summed E-state index contributed by atoms with van der Waals surface area (Å²) in [7, 11) is 0. The van der Waals surface area contributed by atoms with Crippen LogP contribution in [0.5, 0.6) is 0 Å². The molecule has 2 saturated heterocycles. The Morgan fingerprint density at radius 2 is 2.15 bits per heavy atom. The molecular formula is C13H22N2O4S. The number of carbonyl (C=O) groups excluding carboxylic acids is 1. The number of aliphatic hydroxyl groups is 1. The van der Waals surface area contributed by atoms with Gasteiger partial charge in [-0.1, -0.05) is 0 Å². The van der Waals surface area contributed by atoms with E-state index in [0.29, 0.717) is 25.4 Å². The predicted molar refractivity (Wildman–Crippen MR) is 76.8 cm³/mol. The van der Waals surface area contributed by atoms with Crippen LogP contribution in [0.3, 0.4) is 0 Å². The van der Waals surface area contributed by atoms with E-state index in [1.165, 1.54) is 0 Å². The lowest BCUT2D eigenvalue weighted by Crippen LogP contribution is -2.52. The SMILES string of the molecule is CC(O)C1CCN(C(=O)N2CCSCC2CC(=O)O)C1. The Hall–Kier alpha value is -0.950. The van der Waals surface area contributed by atoms with Crippen LogP contribution in [-0.4, -0.2) is 75.3 Å². The average molecular weight is 302 g/mol. The molecule has 0 saturated carbocycles. The standard InChI is InChI=1S/C13H22N2O4S/c1-9(16)10-2-3-14(7-10)13(19)15-4-5-20-8-11(15)6-12(17)18/h9-11,16H,2-8H2,1H3,(H,17,18). The zero-order chi connectivity index (χ0) is 14.7. The molecule has 0 aromatic heterocycles. The van der Waals surface area contributed by atoms with Crippen molar-refractivity contribution in [3.8, 4) is 0 Å². The fourth-order valence-electron chi connectivity index (χ4n) is 2.81. The van der Waals surface area contributed by atoms with Crippen molar-refractivity contribution in [1.29, 1.82) is 0 Å². The molecule has 3 atom stereocenters. The van der Waals surface area contributed by atoms with E-state index in [0.717, 1.165) is 12.2 Å². The van der Waals surface area contributed by atoms with Crippen LogP contribution in [0.25, 0.3) is 0 Å². The van der Waals surface area contributed by atoms with E-state index in [9.17, 15) is 14.7 Å². The van der Waals surface area contributed by atoms with Gasteiger partial charge in [0.15, 0.2) is 0 Å². The summed E-state index contributed by atoms with van der Waals surface area (Å²) in [4.78, 5) is 26.9. The molecule has 0 spiro atoms. The second-order valence-corrected chi connectivity index (χ2v) is 6.69. The summed E-state index contributed by atoms with van der Waals surface area (Å²) in [6.45, 7) is 3.58. The van der Waals surface area contributed by atoms with Crippen molar-refractivity contribution < 1.29 is 19.8 Å². The highest BCUT2D eigenvalue weighted by molar-refractivity contribution is 7.99. The summed E-state index contributed by atoms with van der Waals surface area (Å²) in [5, 5.41) is 18.6. The molecule has 7 heteroatoms. The minimum absolute atomic E-state index is 0.00636. The van der Waals surface area contributed by atoms with Crippen molar-refractivity contribution in [3.63, 3.8) is 0 Å². The predicted octanol–water partition coefficient (Wildman–Crippen LogP) is 0.701. The summed E-state index contributed by atoms with van der Waals surface area (Å²) in [6.07, 6.45) is 0.418. The van der Waals surface area contributed by atoms with Crippen LogP contribution in [0.4, 0.5) is 4.79 Å². The Morgan fingerprint density at radius 1 is 1.40 bits per heavy atom. The molecule has 2 amide bonds. The number of rotatable bonds is 3. The highest BCUT2D eigenvalue weighted by atomic mass is 32.2. The van der Waals surface area contributed by atoms with Crippen molar-refractivity contribution in [1.82, 2.24) is 9.80 Å². The number of aliphatic carboxylic acids is 1. The molecule has 2 rings (SSSR count). The van der Waals surface area contributed by atoms with Gasteiger partial charge in [0.05, 0.1) is 18.6 Å². The largest absolute Gasteiger partial charge is 0.481 e. The van der Waals surface area contributed by atoms with E-state index in [1.54, 1.807) is 28.5 Å². The zero-order valence-corrected chi connectivity index (χ0v) is 12.5. The van der Waals surface area contributed by atoms with Crippen LogP contribution < -0.4 is 0 Å². The van der Waals surface area contributed by atoms with Crippen molar-refractivity contribution in [2.45, 2.75) is 31.9 Å². The molecule has 114 valence electrons. The molecule has 0 aromatic rings. The Balaban J connectivity index is 1.97. The lowest BCUT2D eigenvalue weighted by molar-refractivity contribution is -0.138. The van der Waals surface area contributed by atoms with Crippen LogP contribution in [0.1, 0.15) is 19.8 Å². The quantitative estimate of drug-likeness (QED) is 0.802. The zero-order valence-electron chi connectivity index (χ0n) is 11.7. The number of aliphatic hydroxyl groups excluding tert-OH is 1. The first-order valence-corrected chi connectivity index (χ1v) is 8.17. The highest BCUT2D eigenvalue weighted by Gasteiger charge is 2.35. The smallest absolute Gasteiger partial charge is 0.320 e. The second kappa shape index (κ2) is 6.67. The van der Waals surface area contributed by atoms with Gasteiger partial charge in [-0.3, -0.25) is 4.79 Å². The van der Waals surface area contributed by atoms with Crippen molar-refractivity contribution in [3.05, 3.63) is 0 Å². The first kappa shape index (κ1) is 15.4. The normalized spacial score (nSPS) is 28.5. The number of thioether (sulfide) groups is 1. The molecule has 2 aliphatic rings. The van der Waals surface area contributed by atoms with Gasteiger partial charge in [-0.05, 0) is 13.3 Å². The van der Waals surface area contributed by atoms with Crippen molar-refractivity contribution in [2.24, 2.45) is 5.92 Å². The van der Waals surface area contributed by atoms with E-state index < -0.39 is 12.1 Å². The molecule has 20 heavy (non-hydrogen) atoms. The third-order valence-corrected chi connectivity index (χ3v) is 5.15. The first-order chi connectivity index (χ1) is 9.49. The maximum absolute atomic E-state index is 12.5. The molecule has 0 radical (unpaired) electrons. The third kappa shape index (κ3) is 3.58. The van der Waals surface area contributed by atoms with Gasteiger partial charge in [0, 0.05) is 37.1 Å². The van der Waals surface area contributed by atoms with Gasteiger partial charge in [-0.15, -0.1) is 0 Å². The van der Waals surface area contributed by atoms with Gasteiger partial charge < -0.3 is 20.0 Å². The molecule has 0 bridgehead atoms. The van der Waals surface area contributed by atoms with Crippen LogP contribution in [0.2, 0.25) is 0 Å². The number of nitrogens with zero attached hydrogens (tertiary/aromatic N) is 2. The topological polar surface area (TPSA) is 81.1 Å². The molecule has 3 unspecified atom stereocenters. The van der Waals surface area contributed by atoms with Crippen LogP contribution in [0.15, 0.2) is 0 Å². The third-order valence-electron chi connectivity index (χ3n) is 4.06. The van der Waals surface area contributed by atoms with Gasteiger partial charge in [0.2, 0.25) is 0 Å². The Kier molecular flexibility index (Phi) is 5.15. The summed E-state index contributed by atoms with van der Waals surface area (Å²) in [5.41, 5.74) is 0. The average Bonchev–Trinajstić information content (AvgIpc) is 2.87. The number of hydrogen-bond donors (Lipinski definition) is 2. The number of carbonyl (C=O) groups is 2. The maximum Gasteiger partial charge on any atom is 0.320 e. The van der Waals surface area contributed by atoms with Crippen molar-refractivity contribution in [2.75, 3.05) is 31.1 Å². The summed E-state index contributed by atoms with van der Waals surface area (Å²) in [5.74, 6) is 0.816. The minimum atomic E-state index is -0.862. The van der Waals surface area contributed by atoms with Gasteiger partial charge in [-0.2, -0.15) is 11.8 Å². The van der Waals surface area contributed by atoms with Crippen LogP contribution in [0, 0.1) is 5.92 Å². The van der Waals surface area contributed by atoms with Gasteiger partial charge in [-0.25, -0.2) is 4.79 Å². The van der Waals surface area contributed by atoms with Gasteiger partial charge >= 0.3 is 12.0 Å². The molecule has 2 heterocycles. The van der Waals surface area contributed by atoms with Gasteiger partial charge in [0.25, 0.3) is 0 Å². The van der Waals surface area contributed by atoms with E-state index >= 15 is 0 Å². The van der Waals surface area contributed by atoms with E-state index in [4.69, 9.17) is 5.11 Å². The first-order valence-electron chi connectivity index (χ1n) is 7.02. The van der Waals surface area contributed by atoms with E-state index in [1.807, 2.05) is 0 Å². The number of amides is 2. The lowest BCUT2D eigenvalue weighted by atomic mass is 10.0. The highest BCUT2D eigenvalue weighted by Crippen LogP contribution is 2.25. The number of urea groups is 1. The van der Waals surface area contributed by atoms with Crippen molar-refractivity contribution >= 4 is 23.8 Å². The molecule has 2 N–H and O–H groups in total. The fraction of sp³-hybridized carbons (Fsp3) is 0.846. The molecule has 0 aromatic carbocycles. The molecule has 6 nitrogen and oxygen atoms in total. The summed E-state index contributed by atoms with van der Waals surface area (Å²) in [6, 6.07) is -0.288. The fourth-order valence-corrected chi connectivity index (χ4v) is 3.88. The summed E-state index contributed by atoms with van der Waals surface area (Å²) < 4.78 is 0. The Bertz CT molecular complexity index is 377. The second-order valence-electron chi connectivity index (χ2n) is 5.54. The lowest BCUT2D eigenvalue weighted by Gasteiger charge is -2.37. The molecular weight excluding hydrogens is 280 g/mol. The van der Waals surface area contributed by atoms with Crippen LogP contribution >= 0.6 is 11.8 Å². The van der Waals surface area contributed by atoms with Gasteiger partial charge in [0.1, 0.15) is 0 Å².